The SMILES string of the molecule is COc1ccc2ncc(F)c(N3CCN(CCNCc4ccc5c(n4)NC(=O)CO5)CC3)c2n1. The Morgan fingerprint density at radius 2 is 2.03 bits per heavy atom. The van der Waals surface area contributed by atoms with E-state index in [1.165, 1.54) is 6.20 Å². The minimum atomic E-state index is -0.373. The number of ether oxygens (including phenoxy) is 2. The van der Waals surface area contributed by atoms with Crippen LogP contribution in [0.3, 0.4) is 0 Å². The van der Waals surface area contributed by atoms with Crippen molar-refractivity contribution in [2.45, 2.75) is 6.54 Å². The Kier molecular flexibility index (Phi) is 6.37. The van der Waals surface area contributed by atoms with Gasteiger partial charge in [-0.2, -0.15) is 0 Å². The fraction of sp³-hybridized carbons (Fsp3) is 0.391. The Hall–Kier alpha value is -3.57. The average molecular weight is 468 g/mol. The van der Waals surface area contributed by atoms with E-state index >= 15 is 0 Å². The highest BCUT2D eigenvalue weighted by molar-refractivity contribution is 5.94. The Morgan fingerprint density at radius 1 is 1.18 bits per heavy atom. The Morgan fingerprint density at radius 3 is 2.85 bits per heavy atom. The summed E-state index contributed by atoms with van der Waals surface area (Å²) in [5, 5.41) is 6.12. The number of anilines is 2. The van der Waals surface area contributed by atoms with Gasteiger partial charge < -0.3 is 25.0 Å². The topological polar surface area (TPSA) is 105 Å². The van der Waals surface area contributed by atoms with Gasteiger partial charge in [-0.1, -0.05) is 0 Å². The number of piperazine rings is 1. The van der Waals surface area contributed by atoms with Crippen LogP contribution in [0.15, 0.2) is 30.5 Å². The minimum Gasteiger partial charge on any atom is -0.481 e. The van der Waals surface area contributed by atoms with Crippen LogP contribution in [-0.4, -0.2) is 78.7 Å². The summed E-state index contributed by atoms with van der Waals surface area (Å²) in [6.07, 6.45) is 1.26. The number of aromatic nitrogens is 3. The van der Waals surface area contributed by atoms with Crippen LogP contribution in [0.5, 0.6) is 11.6 Å². The Labute approximate surface area is 196 Å². The van der Waals surface area contributed by atoms with Gasteiger partial charge in [0, 0.05) is 51.9 Å². The fourth-order valence-corrected chi connectivity index (χ4v) is 4.18. The predicted molar refractivity (Wildman–Crippen MR) is 125 cm³/mol. The maximum absolute atomic E-state index is 14.7. The smallest absolute Gasteiger partial charge is 0.263 e. The van der Waals surface area contributed by atoms with Gasteiger partial charge in [-0.05, 0) is 18.2 Å². The highest BCUT2D eigenvalue weighted by atomic mass is 19.1. The van der Waals surface area contributed by atoms with Crippen LogP contribution >= 0.6 is 0 Å². The molecule has 3 aromatic heterocycles. The first-order valence-corrected chi connectivity index (χ1v) is 11.2. The number of halogens is 1. The third-order valence-corrected chi connectivity index (χ3v) is 5.96. The van der Waals surface area contributed by atoms with E-state index < -0.39 is 0 Å². The summed E-state index contributed by atoms with van der Waals surface area (Å²) in [5.74, 6) is 0.929. The van der Waals surface area contributed by atoms with Gasteiger partial charge in [0.25, 0.3) is 5.91 Å². The van der Waals surface area contributed by atoms with E-state index in [-0.39, 0.29) is 18.3 Å². The van der Waals surface area contributed by atoms with Crippen molar-refractivity contribution in [3.8, 4) is 11.6 Å². The molecule has 5 heterocycles. The number of rotatable bonds is 7. The van der Waals surface area contributed by atoms with E-state index in [0.29, 0.717) is 53.8 Å². The van der Waals surface area contributed by atoms with E-state index in [1.54, 1.807) is 19.2 Å². The lowest BCUT2D eigenvalue weighted by molar-refractivity contribution is -0.118. The van der Waals surface area contributed by atoms with Crippen molar-refractivity contribution in [3.63, 3.8) is 0 Å². The molecule has 0 radical (unpaired) electrons. The first kappa shape index (κ1) is 22.2. The molecule has 10 nitrogen and oxygen atoms in total. The van der Waals surface area contributed by atoms with Crippen molar-refractivity contribution in [1.29, 1.82) is 0 Å². The first-order valence-electron chi connectivity index (χ1n) is 11.2. The highest BCUT2D eigenvalue weighted by Gasteiger charge is 2.23. The second kappa shape index (κ2) is 9.74. The summed E-state index contributed by atoms with van der Waals surface area (Å²) < 4.78 is 25.3. The van der Waals surface area contributed by atoms with Crippen molar-refractivity contribution in [2.75, 3.05) is 63.2 Å². The number of nitrogens with zero attached hydrogens (tertiary/aromatic N) is 5. The first-order chi connectivity index (χ1) is 16.6. The van der Waals surface area contributed by atoms with Crippen LogP contribution in [0, 0.1) is 5.82 Å². The van der Waals surface area contributed by atoms with E-state index in [4.69, 9.17) is 9.47 Å². The van der Waals surface area contributed by atoms with Crippen LogP contribution in [0.4, 0.5) is 15.9 Å². The van der Waals surface area contributed by atoms with Gasteiger partial charge in [0.2, 0.25) is 5.88 Å². The third-order valence-electron chi connectivity index (χ3n) is 5.96. The molecule has 0 aromatic carbocycles. The fourth-order valence-electron chi connectivity index (χ4n) is 4.18. The molecular weight excluding hydrogens is 441 g/mol. The van der Waals surface area contributed by atoms with Crippen molar-refractivity contribution in [3.05, 3.63) is 42.0 Å². The molecule has 11 heteroatoms. The standard InChI is InChI=1S/C23H26FN7O3/c1-33-20-5-3-17-21(29-20)22(16(24)13-26-17)31-10-8-30(9-11-31)7-6-25-12-15-2-4-18-23(27-15)28-19(32)14-34-18/h2-5,13,25H,6-12,14H2,1H3,(H,27,28,32). The molecule has 2 aliphatic heterocycles. The molecule has 0 aliphatic carbocycles. The minimum absolute atomic E-state index is 0.0221. The second-order valence-electron chi connectivity index (χ2n) is 8.17. The molecule has 3 aromatic rings. The number of amides is 1. The summed E-state index contributed by atoms with van der Waals surface area (Å²) in [6.45, 7) is 5.28. The number of carbonyl (C=O) groups excluding carboxylic acids is 1. The summed E-state index contributed by atoms with van der Waals surface area (Å²) >= 11 is 0. The number of carbonyl (C=O) groups is 1. The summed E-state index contributed by atoms with van der Waals surface area (Å²) in [4.78, 5) is 28.9. The molecule has 2 N–H and O–H groups in total. The van der Waals surface area contributed by atoms with Gasteiger partial charge in [0.05, 0.1) is 24.5 Å². The number of fused-ring (bicyclic) bond motifs is 2. The highest BCUT2D eigenvalue weighted by Crippen LogP contribution is 2.29. The molecule has 1 saturated heterocycles. The summed E-state index contributed by atoms with van der Waals surface area (Å²) in [5.41, 5.74) is 2.48. The number of hydrogen-bond acceptors (Lipinski definition) is 9. The molecule has 34 heavy (non-hydrogen) atoms. The molecular formula is C23H26FN7O3. The lowest BCUT2D eigenvalue weighted by atomic mass is 10.2. The van der Waals surface area contributed by atoms with Crippen LogP contribution < -0.4 is 25.0 Å². The quantitative estimate of drug-likeness (QED) is 0.499. The van der Waals surface area contributed by atoms with E-state index in [1.807, 2.05) is 17.0 Å². The van der Waals surface area contributed by atoms with Gasteiger partial charge >= 0.3 is 0 Å². The Balaban J connectivity index is 1.13. The van der Waals surface area contributed by atoms with Crippen molar-refractivity contribution in [2.24, 2.45) is 0 Å². The largest absolute Gasteiger partial charge is 0.481 e. The molecule has 0 bridgehead atoms. The van der Waals surface area contributed by atoms with E-state index in [2.05, 4.69) is 30.5 Å². The zero-order valence-corrected chi connectivity index (χ0v) is 18.9. The predicted octanol–water partition coefficient (Wildman–Crippen LogP) is 1.42. The van der Waals surface area contributed by atoms with Crippen LogP contribution in [0.1, 0.15) is 5.69 Å². The number of nitrogens with one attached hydrogen (secondary N) is 2. The Bertz CT molecular complexity index is 1200. The normalized spacial score (nSPS) is 16.2. The number of hydrogen-bond donors (Lipinski definition) is 2. The van der Waals surface area contributed by atoms with Gasteiger partial charge in [-0.15, -0.1) is 0 Å². The molecule has 0 atom stereocenters. The number of methoxy groups -OCH3 is 1. The van der Waals surface area contributed by atoms with E-state index in [9.17, 15) is 9.18 Å². The van der Waals surface area contributed by atoms with Crippen molar-refractivity contribution < 1.29 is 18.7 Å². The maximum atomic E-state index is 14.7. The summed E-state index contributed by atoms with van der Waals surface area (Å²) in [6, 6.07) is 7.24. The van der Waals surface area contributed by atoms with Crippen LogP contribution in [-0.2, 0) is 11.3 Å². The lowest BCUT2D eigenvalue weighted by Crippen LogP contribution is -2.48. The van der Waals surface area contributed by atoms with E-state index in [0.717, 1.165) is 31.9 Å². The van der Waals surface area contributed by atoms with Crippen LogP contribution in [0.2, 0.25) is 0 Å². The number of pyridine rings is 3. The zero-order valence-electron chi connectivity index (χ0n) is 18.9. The molecule has 0 saturated carbocycles. The maximum Gasteiger partial charge on any atom is 0.263 e. The molecule has 178 valence electrons. The molecule has 1 fully saturated rings. The van der Waals surface area contributed by atoms with Gasteiger partial charge in [0.15, 0.2) is 24.0 Å². The van der Waals surface area contributed by atoms with Gasteiger partial charge in [-0.25, -0.2) is 14.4 Å². The van der Waals surface area contributed by atoms with Crippen molar-refractivity contribution >= 4 is 28.4 Å². The monoisotopic (exact) mass is 467 g/mol. The second-order valence-corrected chi connectivity index (χ2v) is 8.17. The van der Waals surface area contributed by atoms with Gasteiger partial charge in [0.1, 0.15) is 11.2 Å². The molecule has 2 aliphatic rings. The average Bonchev–Trinajstić information content (AvgIpc) is 2.86. The van der Waals surface area contributed by atoms with Gasteiger partial charge in [-0.3, -0.25) is 14.7 Å². The summed E-state index contributed by atoms with van der Waals surface area (Å²) in [7, 11) is 1.54. The van der Waals surface area contributed by atoms with Crippen LogP contribution in [0.25, 0.3) is 11.0 Å². The molecule has 1 amide bonds. The molecule has 0 spiro atoms. The third kappa shape index (κ3) is 4.70. The van der Waals surface area contributed by atoms with Crippen molar-refractivity contribution in [1.82, 2.24) is 25.2 Å². The molecule has 0 unspecified atom stereocenters. The lowest BCUT2D eigenvalue weighted by Gasteiger charge is -2.36. The molecule has 5 rings (SSSR count). The zero-order chi connectivity index (χ0) is 23.5.